The number of benzene rings is 1. The van der Waals surface area contributed by atoms with Gasteiger partial charge in [0, 0.05) is 16.6 Å². The van der Waals surface area contributed by atoms with Crippen molar-refractivity contribution in [3.05, 3.63) is 35.5 Å². The topological polar surface area (TPSA) is 15.8 Å². The molecule has 2 rings (SSSR count). The molecule has 0 aliphatic carbocycles. The molecule has 1 aromatic carbocycles. The number of para-hydroxylation sites is 1. The Morgan fingerprint density at radius 3 is 2.79 bits per heavy atom. The van der Waals surface area contributed by atoms with Crippen LogP contribution in [0.2, 0.25) is 0 Å². The molecule has 74 valence electrons. The van der Waals surface area contributed by atoms with Gasteiger partial charge in [0.2, 0.25) is 0 Å². The van der Waals surface area contributed by atoms with Crippen LogP contribution in [-0.2, 0) is 6.42 Å². The lowest BCUT2D eigenvalue weighted by atomic mass is 10.1. The smallest absolute Gasteiger partial charge is 0.0458 e. The summed E-state index contributed by atoms with van der Waals surface area (Å²) in [6.45, 7) is 4.41. The van der Waals surface area contributed by atoms with Crippen LogP contribution in [0.25, 0.3) is 10.9 Å². The second kappa shape index (κ2) is 3.87. The quantitative estimate of drug-likeness (QED) is 0.752. The molecule has 0 amide bonds. The monoisotopic (exact) mass is 187 g/mol. The van der Waals surface area contributed by atoms with Crippen LogP contribution < -0.4 is 0 Å². The van der Waals surface area contributed by atoms with E-state index in [4.69, 9.17) is 0 Å². The SMILES string of the molecule is CCCCc1c(C)[nH]c2ccccc12. The maximum Gasteiger partial charge on any atom is 0.0458 e. The normalized spacial score (nSPS) is 11.0. The first kappa shape index (κ1) is 9.32. The molecule has 0 fully saturated rings. The average molecular weight is 187 g/mol. The molecule has 14 heavy (non-hydrogen) atoms. The van der Waals surface area contributed by atoms with E-state index in [9.17, 15) is 0 Å². The first-order valence-corrected chi connectivity index (χ1v) is 5.39. The Hall–Kier alpha value is -1.24. The van der Waals surface area contributed by atoms with Crippen molar-refractivity contribution >= 4 is 10.9 Å². The van der Waals surface area contributed by atoms with Crippen LogP contribution in [0.4, 0.5) is 0 Å². The molecule has 1 aromatic heterocycles. The van der Waals surface area contributed by atoms with Gasteiger partial charge in [0.1, 0.15) is 0 Å². The van der Waals surface area contributed by atoms with Crippen molar-refractivity contribution in [1.82, 2.24) is 4.98 Å². The number of aromatic amines is 1. The van der Waals surface area contributed by atoms with Crippen LogP contribution in [-0.4, -0.2) is 4.98 Å². The van der Waals surface area contributed by atoms with Gasteiger partial charge in [-0.2, -0.15) is 0 Å². The molecule has 0 radical (unpaired) electrons. The van der Waals surface area contributed by atoms with Gasteiger partial charge in [0.15, 0.2) is 0 Å². The Morgan fingerprint density at radius 2 is 2.00 bits per heavy atom. The van der Waals surface area contributed by atoms with E-state index in [1.54, 1.807) is 0 Å². The van der Waals surface area contributed by atoms with Crippen molar-refractivity contribution in [1.29, 1.82) is 0 Å². The molecule has 0 saturated heterocycles. The van der Waals surface area contributed by atoms with E-state index in [-0.39, 0.29) is 0 Å². The molecule has 0 spiro atoms. The average Bonchev–Trinajstić information content (AvgIpc) is 2.51. The fourth-order valence-corrected chi connectivity index (χ4v) is 2.01. The Labute approximate surface area is 85.1 Å². The highest BCUT2D eigenvalue weighted by Gasteiger charge is 2.06. The second-order valence-electron chi connectivity index (χ2n) is 3.88. The highest BCUT2D eigenvalue weighted by Crippen LogP contribution is 2.23. The van der Waals surface area contributed by atoms with E-state index in [1.165, 1.54) is 41.4 Å². The molecule has 0 unspecified atom stereocenters. The van der Waals surface area contributed by atoms with E-state index in [1.807, 2.05) is 0 Å². The largest absolute Gasteiger partial charge is 0.358 e. The molecular formula is C13H17N. The highest BCUT2D eigenvalue weighted by molar-refractivity contribution is 5.84. The van der Waals surface area contributed by atoms with Crippen LogP contribution in [0.5, 0.6) is 0 Å². The molecule has 0 saturated carbocycles. The van der Waals surface area contributed by atoms with Crippen molar-refractivity contribution in [3.63, 3.8) is 0 Å². The summed E-state index contributed by atoms with van der Waals surface area (Å²) in [4.78, 5) is 3.44. The zero-order valence-corrected chi connectivity index (χ0v) is 8.93. The number of nitrogens with one attached hydrogen (secondary N) is 1. The molecule has 2 aromatic rings. The van der Waals surface area contributed by atoms with Crippen molar-refractivity contribution in [2.75, 3.05) is 0 Å². The Kier molecular flexibility index (Phi) is 2.58. The summed E-state index contributed by atoms with van der Waals surface area (Å²) in [6.07, 6.45) is 3.74. The van der Waals surface area contributed by atoms with E-state index in [0.29, 0.717) is 0 Å². The fraction of sp³-hybridized carbons (Fsp3) is 0.385. The summed E-state index contributed by atoms with van der Waals surface area (Å²) >= 11 is 0. The molecule has 0 aliphatic heterocycles. The third-order valence-electron chi connectivity index (χ3n) is 2.81. The van der Waals surface area contributed by atoms with Crippen LogP contribution >= 0.6 is 0 Å². The van der Waals surface area contributed by atoms with Gasteiger partial charge in [0.25, 0.3) is 0 Å². The lowest BCUT2D eigenvalue weighted by Crippen LogP contribution is -1.85. The predicted molar refractivity (Wildman–Crippen MR) is 61.6 cm³/mol. The van der Waals surface area contributed by atoms with Crippen LogP contribution in [0.15, 0.2) is 24.3 Å². The Bertz CT molecular complexity index is 426. The first-order valence-electron chi connectivity index (χ1n) is 5.39. The zero-order chi connectivity index (χ0) is 9.97. The van der Waals surface area contributed by atoms with Crippen LogP contribution in [0.1, 0.15) is 31.0 Å². The third-order valence-corrected chi connectivity index (χ3v) is 2.81. The minimum Gasteiger partial charge on any atom is -0.358 e. The molecule has 1 heteroatoms. The van der Waals surface area contributed by atoms with E-state index in [0.717, 1.165) is 0 Å². The molecule has 1 nitrogen and oxygen atoms in total. The van der Waals surface area contributed by atoms with Gasteiger partial charge >= 0.3 is 0 Å². The number of fused-ring (bicyclic) bond motifs is 1. The molecule has 0 aliphatic rings. The summed E-state index contributed by atoms with van der Waals surface area (Å²) in [6, 6.07) is 8.56. The van der Waals surface area contributed by atoms with Crippen molar-refractivity contribution in [2.45, 2.75) is 33.1 Å². The summed E-state index contributed by atoms with van der Waals surface area (Å²) in [5.41, 5.74) is 4.11. The van der Waals surface area contributed by atoms with E-state index < -0.39 is 0 Å². The maximum absolute atomic E-state index is 3.44. The Balaban J connectivity index is 2.45. The minimum atomic E-state index is 1.20. The lowest BCUT2D eigenvalue weighted by molar-refractivity contribution is 0.794. The number of aryl methyl sites for hydroxylation is 2. The van der Waals surface area contributed by atoms with Crippen LogP contribution in [0, 0.1) is 6.92 Å². The van der Waals surface area contributed by atoms with Crippen molar-refractivity contribution in [2.24, 2.45) is 0 Å². The number of H-pyrrole nitrogens is 1. The molecule has 0 atom stereocenters. The molecule has 1 N–H and O–H groups in total. The standard InChI is InChI=1S/C13H17N/c1-3-4-7-11-10(2)14-13-9-6-5-8-12(11)13/h5-6,8-9,14H,3-4,7H2,1-2H3. The predicted octanol–water partition coefficient (Wildman–Crippen LogP) is 3.82. The van der Waals surface area contributed by atoms with E-state index >= 15 is 0 Å². The van der Waals surface area contributed by atoms with Gasteiger partial charge in [-0.25, -0.2) is 0 Å². The third kappa shape index (κ3) is 1.54. The maximum atomic E-state index is 3.44. The first-order chi connectivity index (χ1) is 6.83. The molecule has 0 bridgehead atoms. The lowest BCUT2D eigenvalue weighted by Gasteiger charge is -1.98. The summed E-state index contributed by atoms with van der Waals surface area (Å²) in [7, 11) is 0. The van der Waals surface area contributed by atoms with Gasteiger partial charge in [-0.05, 0) is 31.4 Å². The minimum absolute atomic E-state index is 1.20. The number of hydrogen-bond donors (Lipinski definition) is 1. The molecular weight excluding hydrogens is 170 g/mol. The second-order valence-corrected chi connectivity index (χ2v) is 3.88. The zero-order valence-electron chi connectivity index (χ0n) is 8.93. The number of rotatable bonds is 3. The highest BCUT2D eigenvalue weighted by atomic mass is 14.7. The van der Waals surface area contributed by atoms with Gasteiger partial charge in [-0.1, -0.05) is 31.5 Å². The fourth-order valence-electron chi connectivity index (χ4n) is 2.01. The van der Waals surface area contributed by atoms with Gasteiger partial charge < -0.3 is 4.98 Å². The molecule has 1 heterocycles. The summed E-state index contributed by atoms with van der Waals surface area (Å²) < 4.78 is 0. The summed E-state index contributed by atoms with van der Waals surface area (Å²) in [5, 5.41) is 1.40. The number of aromatic nitrogens is 1. The van der Waals surface area contributed by atoms with Gasteiger partial charge in [-0.15, -0.1) is 0 Å². The van der Waals surface area contributed by atoms with Crippen LogP contribution in [0.3, 0.4) is 0 Å². The number of unbranched alkanes of at least 4 members (excludes halogenated alkanes) is 1. The summed E-state index contributed by atoms with van der Waals surface area (Å²) in [5.74, 6) is 0. The van der Waals surface area contributed by atoms with Crippen molar-refractivity contribution < 1.29 is 0 Å². The van der Waals surface area contributed by atoms with Gasteiger partial charge in [0.05, 0.1) is 0 Å². The van der Waals surface area contributed by atoms with Crippen molar-refractivity contribution in [3.8, 4) is 0 Å². The van der Waals surface area contributed by atoms with Gasteiger partial charge in [-0.3, -0.25) is 0 Å². The van der Waals surface area contributed by atoms with E-state index in [2.05, 4.69) is 43.1 Å². The number of hydrogen-bond acceptors (Lipinski definition) is 0. The Morgan fingerprint density at radius 1 is 1.21 bits per heavy atom.